The van der Waals surface area contributed by atoms with Crippen molar-refractivity contribution >= 4 is 16.0 Å². The third kappa shape index (κ3) is 4.72. The highest BCUT2D eigenvalue weighted by atomic mass is 32.2. The Morgan fingerprint density at radius 3 is 2.56 bits per heavy atom. The third-order valence-corrected chi connectivity index (χ3v) is 10.5. The minimum absolute atomic E-state index is 0.0122. The number of aliphatic carboxylic acids is 1. The normalized spacial score (nSPS) is 45.1. The number of carboxylic acids is 1. The molecule has 0 bridgehead atoms. The van der Waals surface area contributed by atoms with Gasteiger partial charge in [-0.2, -0.15) is 5.48 Å². The van der Waals surface area contributed by atoms with Crippen molar-refractivity contribution in [2.45, 2.75) is 100 Å². The van der Waals surface area contributed by atoms with E-state index >= 15 is 0 Å². The number of hydrogen-bond donors (Lipinski definition) is 4. The lowest BCUT2D eigenvalue weighted by Crippen LogP contribution is -2.51. The second-order valence-electron chi connectivity index (χ2n) is 10.5. The van der Waals surface area contributed by atoms with Gasteiger partial charge < -0.3 is 9.84 Å². The molecule has 182 valence electrons. The lowest BCUT2D eigenvalue weighted by molar-refractivity contribution is -0.143. The smallest absolute Gasteiger partial charge is 0.306 e. The van der Waals surface area contributed by atoms with E-state index in [-0.39, 0.29) is 48.7 Å². The van der Waals surface area contributed by atoms with Crippen LogP contribution in [-0.4, -0.2) is 55.9 Å². The molecule has 4 N–H and O–H groups in total. The summed E-state index contributed by atoms with van der Waals surface area (Å²) in [6, 6.07) is -0.116. The Hall–Kier alpha value is -0.780. The lowest BCUT2D eigenvalue weighted by atomic mass is 9.75. The average molecular weight is 472 g/mol. The molecule has 0 amide bonds. The second kappa shape index (κ2) is 9.46. The summed E-state index contributed by atoms with van der Waals surface area (Å²) in [6.07, 6.45) is 9.19. The first-order chi connectivity index (χ1) is 15.4. The van der Waals surface area contributed by atoms with Crippen LogP contribution >= 0.6 is 0 Å². The van der Waals surface area contributed by atoms with Crippen LogP contribution in [0, 0.1) is 23.7 Å². The Kier molecular flexibility index (Phi) is 6.80. The maximum absolute atomic E-state index is 13.4. The first kappa shape index (κ1) is 23.0. The SMILES string of the molecule is O=C(O)C1CC2CCCC2C(S(=O)(=O)NC2CCCC(C3NOC(C4CCCO4)N3)C2)C1. The number of fused-ring (bicyclic) bond motifs is 1. The minimum atomic E-state index is -3.58. The molecule has 10 heteroatoms. The monoisotopic (exact) mass is 471 g/mol. The molecule has 9 unspecified atom stereocenters. The van der Waals surface area contributed by atoms with Gasteiger partial charge in [0.15, 0.2) is 6.23 Å². The topological polar surface area (TPSA) is 126 Å². The van der Waals surface area contributed by atoms with Gasteiger partial charge in [0.2, 0.25) is 10.0 Å². The largest absolute Gasteiger partial charge is 0.481 e. The summed E-state index contributed by atoms with van der Waals surface area (Å²) in [5, 5.41) is 12.5. The molecule has 0 spiro atoms. The Bertz CT molecular complexity index is 789. The van der Waals surface area contributed by atoms with Gasteiger partial charge in [-0.05, 0) is 69.1 Å². The van der Waals surface area contributed by atoms with E-state index in [0.29, 0.717) is 6.42 Å². The van der Waals surface area contributed by atoms with Crippen molar-refractivity contribution < 1.29 is 27.9 Å². The van der Waals surface area contributed by atoms with Crippen molar-refractivity contribution in [1.82, 2.24) is 15.5 Å². The molecular formula is C22H37N3O6S. The number of hydrogen-bond acceptors (Lipinski definition) is 7. The van der Waals surface area contributed by atoms with E-state index in [1.807, 2.05) is 0 Å². The number of carboxylic acid groups (broad SMARTS) is 1. The number of ether oxygens (including phenoxy) is 1. The lowest BCUT2D eigenvalue weighted by Gasteiger charge is -2.38. The second-order valence-corrected chi connectivity index (χ2v) is 12.5. The van der Waals surface area contributed by atoms with E-state index in [0.717, 1.165) is 64.4 Å². The van der Waals surface area contributed by atoms with Crippen molar-refractivity contribution in [2.75, 3.05) is 6.61 Å². The van der Waals surface area contributed by atoms with Crippen LogP contribution in [0.1, 0.15) is 70.6 Å². The van der Waals surface area contributed by atoms with E-state index in [2.05, 4.69) is 15.5 Å². The standard InChI is InChI=1S/C22H37N3O6S/c26-22(27)15-10-13-4-2-7-17(13)19(12-15)32(28,29)25-16-6-1-5-14(11-16)20-23-21(31-24-20)18-8-3-9-30-18/h13-21,23-25H,1-12H2,(H,26,27). The molecule has 0 radical (unpaired) electrons. The summed E-state index contributed by atoms with van der Waals surface area (Å²) in [4.78, 5) is 17.4. The molecule has 3 aliphatic carbocycles. The predicted octanol–water partition coefficient (Wildman–Crippen LogP) is 1.70. The summed E-state index contributed by atoms with van der Waals surface area (Å²) < 4.78 is 35.6. The first-order valence-electron chi connectivity index (χ1n) is 12.4. The molecular weight excluding hydrogens is 434 g/mol. The fourth-order valence-corrected chi connectivity index (χ4v) is 9.09. The predicted molar refractivity (Wildman–Crippen MR) is 117 cm³/mol. The Labute approximate surface area is 190 Å². The van der Waals surface area contributed by atoms with Crippen LogP contribution in [0.3, 0.4) is 0 Å². The maximum Gasteiger partial charge on any atom is 0.306 e. The molecule has 0 aromatic heterocycles. The van der Waals surface area contributed by atoms with Crippen LogP contribution < -0.4 is 15.5 Å². The van der Waals surface area contributed by atoms with Crippen molar-refractivity contribution in [3.8, 4) is 0 Å². The molecule has 5 rings (SSSR count). The average Bonchev–Trinajstić information content (AvgIpc) is 3.53. The van der Waals surface area contributed by atoms with E-state index in [9.17, 15) is 18.3 Å². The van der Waals surface area contributed by atoms with E-state index in [1.165, 1.54) is 0 Å². The van der Waals surface area contributed by atoms with E-state index in [1.54, 1.807) is 0 Å². The highest BCUT2D eigenvalue weighted by Crippen LogP contribution is 2.47. The van der Waals surface area contributed by atoms with Crippen LogP contribution in [0.15, 0.2) is 0 Å². The summed E-state index contributed by atoms with van der Waals surface area (Å²) >= 11 is 0. The van der Waals surface area contributed by atoms with E-state index in [4.69, 9.17) is 9.57 Å². The maximum atomic E-state index is 13.4. The van der Waals surface area contributed by atoms with E-state index < -0.39 is 27.2 Å². The molecule has 9 atom stereocenters. The number of sulfonamides is 1. The Balaban J connectivity index is 1.21. The molecule has 5 aliphatic rings. The molecule has 0 aromatic rings. The fraction of sp³-hybridized carbons (Fsp3) is 0.955. The molecule has 2 aliphatic heterocycles. The van der Waals surface area contributed by atoms with Gasteiger partial charge in [-0.1, -0.05) is 19.3 Å². The highest BCUT2D eigenvalue weighted by Gasteiger charge is 2.48. The van der Waals surface area contributed by atoms with Gasteiger partial charge in [0.25, 0.3) is 0 Å². The molecule has 32 heavy (non-hydrogen) atoms. The number of carbonyl (C=O) groups is 1. The first-order valence-corrected chi connectivity index (χ1v) is 14.0. The zero-order chi connectivity index (χ0) is 22.3. The van der Waals surface area contributed by atoms with Gasteiger partial charge in [-0.15, -0.1) is 0 Å². The molecule has 0 aromatic carbocycles. The number of nitrogens with one attached hydrogen (secondary N) is 3. The van der Waals surface area contributed by atoms with Gasteiger partial charge >= 0.3 is 5.97 Å². The van der Waals surface area contributed by atoms with Gasteiger partial charge in [-0.3, -0.25) is 14.9 Å². The van der Waals surface area contributed by atoms with Crippen LogP contribution in [-0.2, 0) is 24.4 Å². The summed E-state index contributed by atoms with van der Waals surface area (Å²) in [6.45, 7) is 0.774. The molecule has 2 heterocycles. The third-order valence-electron chi connectivity index (χ3n) is 8.53. The zero-order valence-electron chi connectivity index (χ0n) is 18.6. The Morgan fingerprint density at radius 2 is 1.78 bits per heavy atom. The van der Waals surface area contributed by atoms with Crippen LogP contribution in [0.2, 0.25) is 0 Å². The van der Waals surface area contributed by atoms with Crippen LogP contribution in [0.25, 0.3) is 0 Å². The van der Waals surface area contributed by atoms with Gasteiger partial charge in [-0.25, -0.2) is 13.1 Å². The van der Waals surface area contributed by atoms with Crippen molar-refractivity contribution in [3.05, 3.63) is 0 Å². The van der Waals surface area contributed by atoms with Crippen molar-refractivity contribution in [3.63, 3.8) is 0 Å². The highest BCUT2D eigenvalue weighted by molar-refractivity contribution is 7.90. The minimum Gasteiger partial charge on any atom is -0.481 e. The summed E-state index contributed by atoms with van der Waals surface area (Å²) in [5.41, 5.74) is 3.11. The summed E-state index contributed by atoms with van der Waals surface area (Å²) in [5.74, 6) is -0.813. The quantitative estimate of drug-likeness (QED) is 0.461. The summed E-state index contributed by atoms with van der Waals surface area (Å²) in [7, 11) is -3.58. The zero-order valence-corrected chi connectivity index (χ0v) is 19.4. The van der Waals surface area contributed by atoms with Crippen molar-refractivity contribution in [2.24, 2.45) is 23.7 Å². The Morgan fingerprint density at radius 1 is 0.969 bits per heavy atom. The fourth-order valence-electron chi connectivity index (χ4n) is 6.93. The van der Waals surface area contributed by atoms with Gasteiger partial charge in [0.05, 0.1) is 23.4 Å². The van der Waals surface area contributed by atoms with Crippen molar-refractivity contribution in [1.29, 1.82) is 0 Å². The number of rotatable bonds is 6. The molecule has 9 nitrogen and oxygen atoms in total. The number of hydroxylamine groups is 1. The molecule has 5 fully saturated rings. The van der Waals surface area contributed by atoms with Gasteiger partial charge in [0.1, 0.15) is 0 Å². The van der Waals surface area contributed by atoms with Crippen LogP contribution in [0.4, 0.5) is 0 Å². The molecule has 2 saturated heterocycles. The van der Waals surface area contributed by atoms with Crippen LogP contribution in [0.5, 0.6) is 0 Å². The molecule has 3 saturated carbocycles. The van der Waals surface area contributed by atoms with Gasteiger partial charge in [0, 0.05) is 12.6 Å².